The van der Waals surface area contributed by atoms with Crippen LogP contribution >= 0.6 is 11.6 Å². The van der Waals surface area contributed by atoms with E-state index in [1.54, 1.807) is 0 Å². The topological polar surface area (TPSA) is 0 Å². The van der Waals surface area contributed by atoms with E-state index in [4.69, 9.17) is 11.6 Å². The SMILES string of the molecule is ClCCCCc1cc[cH-]c1. The summed E-state index contributed by atoms with van der Waals surface area (Å²) in [6, 6.07) is 8.48. The van der Waals surface area contributed by atoms with Crippen molar-refractivity contribution in [2.45, 2.75) is 19.3 Å². The predicted molar refractivity (Wildman–Crippen MR) is 45.7 cm³/mol. The molecule has 0 N–H and O–H groups in total. The maximum Gasteiger partial charge on any atom is 0.0223 e. The largest absolute Gasteiger partial charge is 0.211 e. The Bertz CT molecular complexity index is 153. The Hall–Kier alpha value is -0.360. The van der Waals surface area contributed by atoms with Crippen molar-refractivity contribution in [2.24, 2.45) is 0 Å². The Morgan fingerprint density at radius 3 is 2.90 bits per heavy atom. The van der Waals surface area contributed by atoms with Gasteiger partial charge in [0, 0.05) is 5.88 Å². The minimum absolute atomic E-state index is 0.792. The van der Waals surface area contributed by atoms with Gasteiger partial charge >= 0.3 is 0 Å². The van der Waals surface area contributed by atoms with Gasteiger partial charge in [0.15, 0.2) is 0 Å². The molecule has 0 unspecified atom stereocenters. The molecule has 0 aliphatic carbocycles. The van der Waals surface area contributed by atoms with Crippen molar-refractivity contribution in [1.82, 2.24) is 0 Å². The zero-order chi connectivity index (χ0) is 7.23. The summed E-state index contributed by atoms with van der Waals surface area (Å²) in [5, 5.41) is 0. The van der Waals surface area contributed by atoms with Gasteiger partial charge < -0.3 is 0 Å². The zero-order valence-corrected chi connectivity index (χ0v) is 6.77. The van der Waals surface area contributed by atoms with Crippen LogP contribution in [0.3, 0.4) is 0 Å². The summed E-state index contributed by atoms with van der Waals surface area (Å²) in [4.78, 5) is 0. The van der Waals surface area contributed by atoms with Gasteiger partial charge in [-0.25, -0.2) is 6.07 Å². The van der Waals surface area contributed by atoms with Crippen molar-refractivity contribution < 1.29 is 0 Å². The molecule has 1 aromatic rings. The van der Waals surface area contributed by atoms with Gasteiger partial charge in [0.2, 0.25) is 0 Å². The summed E-state index contributed by atoms with van der Waals surface area (Å²) in [5.41, 5.74) is 1.44. The van der Waals surface area contributed by atoms with Gasteiger partial charge in [-0.1, -0.05) is 12.8 Å². The third-order valence-corrected chi connectivity index (χ3v) is 1.85. The van der Waals surface area contributed by atoms with Crippen LogP contribution in [0.15, 0.2) is 24.3 Å². The van der Waals surface area contributed by atoms with Crippen molar-refractivity contribution in [2.75, 3.05) is 5.88 Å². The smallest absolute Gasteiger partial charge is 0.0223 e. The van der Waals surface area contributed by atoms with Crippen LogP contribution in [0, 0.1) is 0 Å². The maximum atomic E-state index is 5.54. The van der Waals surface area contributed by atoms with E-state index in [1.807, 2.05) is 0 Å². The number of hydrogen-bond donors (Lipinski definition) is 0. The highest BCUT2D eigenvalue weighted by Gasteiger charge is 1.84. The molecule has 0 saturated heterocycles. The summed E-state index contributed by atoms with van der Waals surface area (Å²) in [6.45, 7) is 0. The van der Waals surface area contributed by atoms with Gasteiger partial charge in [-0.3, -0.25) is 0 Å². The van der Waals surface area contributed by atoms with Gasteiger partial charge in [-0.2, -0.15) is 23.8 Å². The van der Waals surface area contributed by atoms with Crippen LogP contribution in [0.1, 0.15) is 18.4 Å². The maximum absolute atomic E-state index is 5.54. The standard InChI is InChI=1S/C9H12Cl/c10-8-4-3-7-9-5-1-2-6-9/h1-2,5-6H,3-4,7-8H2/q-1. The molecule has 0 fully saturated rings. The highest BCUT2D eigenvalue weighted by atomic mass is 35.5. The quantitative estimate of drug-likeness (QED) is 0.356. The minimum atomic E-state index is 0.792. The van der Waals surface area contributed by atoms with Gasteiger partial charge in [-0.15, -0.1) is 11.6 Å². The molecule has 0 radical (unpaired) electrons. The molecular formula is C9H12Cl-. The molecule has 0 heterocycles. The normalized spacial score (nSPS) is 10.1. The van der Waals surface area contributed by atoms with E-state index < -0.39 is 0 Å². The molecule has 56 valence electrons. The number of alkyl halides is 1. The Morgan fingerprint density at radius 2 is 2.30 bits per heavy atom. The second kappa shape index (κ2) is 4.45. The number of hydrogen-bond acceptors (Lipinski definition) is 0. The van der Waals surface area contributed by atoms with E-state index in [0.29, 0.717) is 0 Å². The molecule has 0 aliphatic rings. The van der Waals surface area contributed by atoms with Crippen molar-refractivity contribution >= 4 is 11.6 Å². The highest BCUT2D eigenvalue weighted by molar-refractivity contribution is 6.17. The van der Waals surface area contributed by atoms with Crippen LogP contribution in [0.2, 0.25) is 0 Å². The van der Waals surface area contributed by atoms with E-state index >= 15 is 0 Å². The van der Waals surface area contributed by atoms with Crippen LogP contribution in [0.25, 0.3) is 0 Å². The molecule has 0 saturated carbocycles. The van der Waals surface area contributed by atoms with Crippen LogP contribution in [0.4, 0.5) is 0 Å². The van der Waals surface area contributed by atoms with E-state index in [2.05, 4.69) is 24.3 Å². The van der Waals surface area contributed by atoms with Crippen LogP contribution < -0.4 is 0 Å². The van der Waals surface area contributed by atoms with Gasteiger partial charge in [0.1, 0.15) is 0 Å². The molecule has 10 heavy (non-hydrogen) atoms. The van der Waals surface area contributed by atoms with Crippen molar-refractivity contribution in [3.63, 3.8) is 0 Å². The monoisotopic (exact) mass is 155 g/mol. The molecule has 0 spiro atoms. The number of aryl methyl sites for hydroxylation is 1. The molecule has 1 rings (SSSR count). The van der Waals surface area contributed by atoms with E-state index in [0.717, 1.165) is 12.3 Å². The van der Waals surface area contributed by atoms with Gasteiger partial charge in [-0.05, 0) is 6.42 Å². The first kappa shape index (κ1) is 7.74. The molecular weight excluding hydrogens is 144 g/mol. The first-order valence-corrected chi connectivity index (χ1v) is 4.23. The lowest BCUT2D eigenvalue weighted by Gasteiger charge is -2.00. The molecule has 1 aromatic carbocycles. The third kappa shape index (κ3) is 2.49. The average molecular weight is 156 g/mol. The van der Waals surface area contributed by atoms with Gasteiger partial charge in [0.05, 0.1) is 0 Å². The lowest BCUT2D eigenvalue weighted by Crippen LogP contribution is -1.82. The molecule has 0 bridgehead atoms. The first-order chi connectivity index (χ1) is 4.93. The van der Waals surface area contributed by atoms with Crippen LogP contribution in [-0.2, 0) is 6.42 Å². The van der Waals surface area contributed by atoms with E-state index in [-0.39, 0.29) is 0 Å². The predicted octanol–water partition coefficient (Wildman–Crippen LogP) is 2.97. The second-order valence-electron chi connectivity index (χ2n) is 2.44. The molecule has 0 aliphatic heterocycles. The Kier molecular flexibility index (Phi) is 3.45. The van der Waals surface area contributed by atoms with E-state index in [9.17, 15) is 0 Å². The Morgan fingerprint density at radius 1 is 1.40 bits per heavy atom. The van der Waals surface area contributed by atoms with Crippen LogP contribution in [-0.4, -0.2) is 5.88 Å². The Labute approximate surface area is 67.2 Å². The fourth-order valence-electron chi connectivity index (χ4n) is 1.00. The van der Waals surface area contributed by atoms with E-state index in [1.165, 1.54) is 18.4 Å². The highest BCUT2D eigenvalue weighted by Crippen LogP contribution is 2.05. The second-order valence-corrected chi connectivity index (χ2v) is 2.82. The molecule has 0 amide bonds. The lowest BCUT2D eigenvalue weighted by atomic mass is 10.1. The summed E-state index contributed by atoms with van der Waals surface area (Å²) in [6.07, 6.45) is 3.53. The average Bonchev–Trinajstić information content (AvgIpc) is 2.41. The summed E-state index contributed by atoms with van der Waals surface area (Å²) in [7, 11) is 0. The van der Waals surface area contributed by atoms with Crippen molar-refractivity contribution in [3.05, 3.63) is 29.8 Å². The molecule has 0 nitrogen and oxygen atoms in total. The molecule has 0 atom stereocenters. The van der Waals surface area contributed by atoms with Gasteiger partial charge in [0.25, 0.3) is 0 Å². The molecule has 1 heteroatoms. The Balaban J connectivity index is 2.15. The first-order valence-electron chi connectivity index (χ1n) is 3.70. The summed E-state index contributed by atoms with van der Waals surface area (Å²) < 4.78 is 0. The number of unbranched alkanes of at least 4 members (excludes halogenated alkanes) is 1. The fourth-order valence-corrected chi connectivity index (χ4v) is 1.19. The number of rotatable bonds is 4. The summed E-state index contributed by atoms with van der Waals surface area (Å²) >= 11 is 5.54. The fraction of sp³-hybridized carbons (Fsp3) is 0.444. The zero-order valence-electron chi connectivity index (χ0n) is 6.02. The summed E-state index contributed by atoms with van der Waals surface area (Å²) in [5.74, 6) is 0.792. The molecule has 0 aromatic heterocycles. The van der Waals surface area contributed by atoms with Crippen molar-refractivity contribution in [3.8, 4) is 0 Å². The minimum Gasteiger partial charge on any atom is -0.211 e. The number of halogens is 1. The third-order valence-electron chi connectivity index (χ3n) is 1.58. The lowest BCUT2D eigenvalue weighted by molar-refractivity contribution is 0.801. The van der Waals surface area contributed by atoms with Crippen molar-refractivity contribution in [1.29, 1.82) is 0 Å². The van der Waals surface area contributed by atoms with Crippen LogP contribution in [0.5, 0.6) is 0 Å².